The molecule has 134 valence electrons. The lowest BCUT2D eigenvalue weighted by Gasteiger charge is -2.10. The predicted octanol–water partition coefficient (Wildman–Crippen LogP) is 2.93. The Labute approximate surface area is 168 Å². The molecule has 3 aromatic rings. The molecule has 0 aliphatic heterocycles. The normalized spacial score (nSPS) is 11.4. The fourth-order valence-corrected chi connectivity index (χ4v) is 3.16. The number of hydrogen-bond acceptors (Lipinski definition) is 4. The van der Waals surface area contributed by atoms with Gasteiger partial charge in [-0.15, -0.1) is 35.3 Å². The number of thiazole rings is 1. The molecule has 0 aromatic carbocycles. The molecule has 6 nitrogen and oxygen atoms in total. The van der Waals surface area contributed by atoms with E-state index in [-0.39, 0.29) is 24.0 Å². The summed E-state index contributed by atoms with van der Waals surface area (Å²) in [5.41, 5.74) is 4.25. The van der Waals surface area contributed by atoms with Gasteiger partial charge in [0.05, 0.1) is 22.9 Å². The maximum atomic E-state index is 4.62. The summed E-state index contributed by atoms with van der Waals surface area (Å²) in [6.45, 7) is 5.54. The second kappa shape index (κ2) is 9.14. The van der Waals surface area contributed by atoms with E-state index in [2.05, 4.69) is 54.6 Å². The molecule has 0 fully saturated rings. The van der Waals surface area contributed by atoms with Crippen molar-refractivity contribution in [1.29, 1.82) is 0 Å². The van der Waals surface area contributed by atoms with E-state index in [1.807, 2.05) is 19.1 Å². The molecule has 0 radical (unpaired) electrons. The van der Waals surface area contributed by atoms with Crippen LogP contribution in [0.25, 0.3) is 5.65 Å². The van der Waals surface area contributed by atoms with E-state index in [9.17, 15) is 0 Å². The highest BCUT2D eigenvalue weighted by molar-refractivity contribution is 14.0. The van der Waals surface area contributed by atoms with E-state index in [1.165, 1.54) is 5.69 Å². The average molecular weight is 470 g/mol. The molecule has 0 saturated carbocycles. The van der Waals surface area contributed by atoms with Gasteiger partial charge in [0.15, 0.2) is 5.96 Å². The summed E-state index contributed by atoms with van der Waals surface area (Å²) < 4.78 is 2.10. The van der Waals surface area contributed by atoms with Crippen LogP contribution >= 0.6 is 35.3 Å². The minimum Gasteiger partial charge on any atom is -0.356 e. The smallest absolute Gasteiger partial charge is 0.191 e. The summed E-state index contributed by atoms with van der Waals surface area (Å²) >= 11 is 1.68. The average Bonchev–Trinajstić information content (AvgIpc) is 3.17. The van der Waals surface area contributed by atoms with Crippen molar-refractivity contribution in [3.05, 3.63) is 51.9 Å². The van der Waals surface area contributed by atoms with Crippen molar-refractivity contribution in [2.75, 3.05) is 13.6 Å². The molecule has 3 aromatic heterocycles. The highest BCUT2D eigenvalue weighted by Gasteiger charge is 2.05. The second-order valence-corrected chi connectivity index (χ2v) is 6.65. The Balaban J connectivity index is 0.00000225. The Hall–Kier alpha value is -1.68. The van der Waals surface area contributed by atoms with Crippen molar-refractivity contribution in [2.24, 2.45) is 4.99 Å². The summed E-state index contributed by atoms with van der Waals surface area (Å²) in [5, 5.41) is 9.82. The number of pyridine rings is 1. The van der Waals surface area contributed by atoms with Crippen LogP contribution in [0, 0.1) is 13.8 Å². The zero-order chi connectivity index (χ0) is 16.9. The zero-order valence-corrected chi connectivity index (χ0v) is 17.8. The van der Waals surface area contributed by atoms with Crippen LogP contribution in [0.15, 0.2) is 34.8 Å². The van der Waals surface area contributed by atoms with Gasteiger partial charge < -0.3 is 15.0 Å². The number of halogens is 1. The molecule has 0 aliphatic rings. The lowest BCUT2D eigenvalue weighted by molar-refractivity contribution is 0.779. The molecular formula is C17H23IN6S. The van der Waals surface area contributed by atoms with Crippen molar-refractivity contribution < 1.29 is 0 Å². The van der Waals surface area contributed by atoms with Crippen molar-refractivity contribution in [1.82, 2.24) is 25.0 Å². The van der Waals surface area contributed by atoms with E-state index in [4.69, 9.17) is 0 Å². The highest BCUT2D eigenvalue weighted by Crippen LogP contribution is 2.09. The molecule has 8 heteroatoms. The first kappa shape index (κ1) is 19.6. The van der Waals surface area contributed by atoms with Gasteiger partial charge in [0, 0.05) is 37.3 Å². The highest BCUT2D eigenvalue weighted by atomic mass is 127. The number of imidazole rings is 1. The van der Waals surface area contributed by atoms with Gasteiger partial charge in [-0.1, -0.05) is 6.07 Å². The number of rotatable bonds is 5. The van der Waals surface area contributed by atoms with Gasteiger partial charge in [-0.2, -0.15) is 0 Å². The SMILES string of the molecule is CN=C(NCCc1csc(C)n1)NCc1cn2c(C)cccc2n1.I. The summed E-state index contributed by atoms with van der Waals surface area (Å²) in [4.78, 5) is 13.3. The third-order valence-corrected chi connectivity index (χ3v) is 4.57. The van der Waals surface area contributed by atoms with Crippen LogP contribution in [0.4, 0.5) is 0 Å². The third-order valence-electron chi connectivity index (χ3n) is 3.75. The lowest BCUT2D eigenvalue weighted by atomic mass is 10.3. The van der Waals surface area contributed by atoms with Crippen molar-refractivity contribution in [2.45, 2.75) is 26.8 Å². The Kier molecular flexibility index (Phi) is 7.18. The minimum atomic E-state index is 0. The molecule has 0 unspecified atom stereocenters. The first-order valence-corrected chi connectivity index (χ1v) is 8.83. The van der Waals surface area contributed by atoms with E-state index < -0.39 is 0 Å². The number of aromatic nitrogens is 3. The lowest BCUT2D eigenvalue weighted by Crippen LogP contribution is -2.37. The number of guanidine groups is 1. The first-order chi connectivity index (χ1) is 11.7. The number of hydrogen-bond donors (Lipinski definition) is 2. The minimum absolute atomic E-state index is 0. The van der Waals surface area contributed by atoms with Crippen LogP contribution in [0.1, 0.15) is 22.1 Å². The number of nitrogens with zero attached hydrogens (tertiary/aromatic N) is 4. The predicted molar refractivity (Wildman–Crippen MR) is 114 cm³/mol. The quantitative estimate of drug-likeness (QED) is 0.342. The first-order valence-electron chi connectivity index (χ1n) is 7.95. The summed E-state index contributed by atoms with van der Waals surface area (Å²) in [7, 11) is 1.77. The zero-order valence-electron chi connectivity index (χ0n) is 14.6. The van der Waals surface area contributed by atoms with E-state index in [0.717, 1.165) is 41.0 Å². The standard InChI is InChI=1S/C17H22N6S.HI/c1-12-5-4-6-16-22-15(10-23(12)16)9-20-17(18-3)19-8-7-14-11-24-13(2)21-14;/h4-6,10-11H,7-9H2,1-3H3,(H2,18,19,20);1H. The van der Waals surface area contributed by atoms with E-state index in [0.29, 0.717) is 6.54 Å². The van der Waals surface area contributed by atoms with Gasteiger partial charge in [0.1, 0.15) is 5.65 Å². The van der Waals surface area contributed by atoms with Crippen LogP contribution in [0.2, 0.25) is 0 Å². The number of aliphatic imine (C=N–C) groups is 1. The molecule has 25 heavy (non-hydrogen) atoms. The van der Waals surface area contributed by atoms with Gasteiger partial charge in [-0.25, -0.2) is 9.97 Å². The second-order valence-electron chi connectivity index (χ2n) is 5.59. The molecule has 0 atom stereocenters. The number of fused-ring (bicyclic) bond motifs is 1. The van der Waals surface area contributed by atoms with Gasteiger partial charge in [-0.3, -0.25) is 4.99 Å². The van der Waals surface area contributed by atoms with Crippen LogP contribution in [-0.4, -0.2) is 33.9 Å². The Morgan fingerprint density at radius 1 is 1.20 bits per heavy atom. The van der Waals surface area contributed by atoms with Gasteiger partial charge in [0.2, 0.25) is 0 Å². The van der Waals surface area contributed by atoms with Gasteiger partial charge >= 0.3 is 0 Å². The number of nitrogens with one attached hydrogen (secondary N) is 2. The monoisotopic (exact) mass is 470 g/mol. The van der Waals surface area contributed by atoms with Crippen molar-refractivity contribution >= 4 is 46.9 Å². The molecule has 0 bridgehead atoms. The van der Waals surface area contributed by atoms with Crippen LogP contribution in [-0.2, 0) is 13.0 Å². The van der Waals surface area contributed by atoms with Crippen LogP contribution in [0.3, 0.4) is 0 Å². The Morgan fingerprint density at radius 3 is 2.72 bits per heavy atom. The summed E-state index contributed by atoms with van der Waals surface area (Å²) in [5.74, 6) is 0.774. The van der Waals surface area contributed by atoms with Crippen LogP contribution < -0.4 is 10.6 Å². The Morgan fingerprint density at radius 2 is 2.04 bits per heavy atom. The molecule has 0 aliphatic carbocycles. The largest absolute Gasteiger partial charge is 0.356 e. The summed E-state index contributed by atoms with van der Waals surface area (Å²) in [6, 6.07) is 6.11. The fourth-order valence-electron chi connectivity index (χ4n) is 2.51. The van der Waals surface area contributed by atoms with Gasteiger partial charge in [-0.05, 0) is 26.0 Å². The van der Waals surface area contributed by atoms with Crippen molar-refractivity contribution in [3.63, 3.8) is 0 Å². The molecule has 0 saturated heterocycles. The fraction of sp³-hybridized carbons (Fsp3) is 0.353. The maximum absolute atomic E-state index is 4.62. The van der Waals surface area contributed by atoms with E-state index in [1.54, 1.807) is 18.4 Å². The Bertz CT molecular complexity index is 854. The molecule has 0 spiro atoms. The third kappa shape index (κ3) is 5.15. The summed E-state index contributed by atoms with van der Waals surface area (Å²) in [6.07, 6.45) is 2.95. The molecule has 3 heterocycles. The topological polar surface area (TPSA) is 66.6 Å². The van der Waals surface area contributed by atoms with E-state index >= 15 is 0 Å². The molecular weight excluding hydrogens is 447 g/mol. The molecule has 3 rings (SSSR count). The molecule has 2 N–H and O–H groups in total. The van der Waals surface area contributed by atoms with Crippen molar-refractivity contribution in [3.8, 4) is 0 Å². The van der Waals surface area contributed by atoms with Crippen LogP contribution in [0.5, 0.6) is 0 Å². The molecule has 0 amide bonds. The van der Waals surface area contributed by atoms with Gasteiger partial charge in [0.25, 0.3) is 0 Å². The maximum Gasteiger partial charge on any atom is 0.191 e. The number of aryl methyl sites for hydroxylation is 2.